The lowest BCUT2D eigenvalue weighted by molar-refractivity contribution is -0.141. The van der Waals surface area contributed by atoms with Crippen molar-refractivity contribution in [3.05, 3.63) is 30.4 Å². The molecule has 2 aliphatic rings. The second kappa shape index (κ2) is 7.26. The smallest absolute Gasteiger partial charge is 0.379 e. The zero-order valence-corrected chi connectivity index (χ0v) is 16.0. The summed E-state index contributed by atoms with van der Waals surface area (Å²) in [4.78, 5) is 35.9. The number of fused-ring (bicyclic) bond motifs is 1. The number of nitrogens with one attached hydrogen (secondary N) is 1. The van der Waals surface area contributed by atoms with Crippen molar-refractivity contribution < 1.29 is 27.6 Å². The summed E-state index contributed by atoms with van der Waals surface area (Å²) in [5.41, 5.74) is -1.89. The average Bonchev–Trinajstić information content (AvgIpc) is 3.43. The first kappa shape index (κ1) is 20.1. The van der Waals surface area contributed by atoms with E-state index in [9.17, 15) is 22.8 Å². The number of aromatic nitrogens is 3. The lowest BCUT2D eigenvalue weighted by Gasteiger charge is -2.27. The number of amides is 2. The molecule has 1 fully saturated rings. The summed E-state index contributed by atoms with van der Waals surface area (Å²) in [5.74, 6) is -0.939. The van der Waals surface area contributed by atoms with E-state index in [2.05, 4.69) is 20.6 Å². The quantitative estimate of drug-likeness (QED) is 0.803. The van der Waals surface area contributed by atoms with Crippen molar-refractivity contribution in [3.63, 3.8) is 0 Å². The van der Waals surface area contributed by atoms with Crippen molar-refractivity contribution >= 4 is 23.0 Å². The van der Waals surface area contributed by atoms with Crippen molar-refractivity contribution in [1.82, 2.24) is 24.8 Å². The first-order chi connectivity index (χ1) is 14.2. The third-order valence-electron chi connectivity index (χ3n) is 5.36. The summed E-state index contributed by atoms with van der Waals surface area (Å²) in [5, 5.41) is 9.77. The predicted octanol–water partition coefficient (Wildman–Crippen LogP) is 1.55. The molecule has 2 aromatic rings. The van der Waals surface area contributed by atoms with Crippen LogP contribution in [0.3, 0.4) is 0 Å². The van der Waals surface area contributed by atoms with Gasteiger partial charge in [0.1, 0.15) is 0 Å². The second-order valence-corrected chi connectivity index (χ2v) is 7.50. The molecule has 1 saturated heterocycles. The molecule has 9 nitrogen and oxygen atoms in total. The Labute approximate surface area is 168 Å². The van der Waals surface area contributed by atoms with E-state index in [1.165, 1.54) is 13.1 Å². The monoisotopic (exact) mass is 424 g/mol. The van der Waals surface area contributed by atoms with Gasteiger partial charge in [0.2, 0.25) is 5.60 Å². The van der Waals surface area contributed by atoms with Crippen molar-refractivity contribution in [1.29, 1.82) is 0 Å². The highest BCUT2D eigenvalue weighted by atomic mass is 19.4. The number of alkyl halides is 3. The SMILES string of the molecule is CC1(C(=O)NC[C@H]2CCCN2C(=O)c2cnn3ccncc23)CC(C(F)(F)F)=NO1. The van der Waals surface area contributed by atoms with E-state index in [4.69, 9.17) is 4.84 Å². The van der Waals surface area contributed by atoms with Crippen LogP contribution in [0.2, 0.25) is 0 Å². The van der Waals surface area contributed by atoms with Crippen LogP contribution in [0.25, 0.3) is 5.52 Å². The van der Waals surface area contributed by atoms with Gasteiger partial charge in [-0.05, 0) is 19.8 Å². The van der Waals surface area contributed by atoms with Gasteiger partial charge in [0.05, 0.1) is 29.9 Å². The molecule has 2 atom stereocenters. The zero-order chi connectivity index (χ0) is 21.5. The Balaban J connectivity index is 1.40. The largest absolute Gasteiger partial charge is 0.432 e. The van der Waals surface area contributed by atoms with Gasteiger partial charge in [0.25, 0.3) is 11.8 Å². The molecular formula is C18H19F3N6O3. The number of carbonyl (C=O) groups excluding carboxylic acids is 2. The molecule has 2 amide bonds. The van der Waals surface area contributed by atoms with Crippen LogP contribution < -0.4 is 5.32 Å². The number of hydrogen-bond acceptors (Lipinski definition) is 6. The highest BCUT2D eigenvalue weighted by Gasteiger charge is 2.50. The minimum atomic E-state index is -4.64. The summed E-state index contributed by atoms with van der Waals surface area (Å²) in [6.07, 6.45) is 2.31. The highest BCUT2D eigenvalue weighted by Crippen LogP contribution is 2.32. The van der Waals surface area contributed by atoms with Crippen LogP contribution in [-0.2, 0) is 9.63 Å². The van der Waals surface area contributed by atoms with E-state index in [-0.39, 0.29) is 18.5 Å². The van der Waals surface area contributed by atoms with Gasteiger partial charge in [0.15, 0.2) is 5.71 Å². The zero-order valence-electron chi connectivity index (χ0n) is 16.0. The van der Waals surface area contributed by atoms with Gasteiger partial charge < -0.3 is 15.1 Å². The maximum Gasteiger partial charge on any atom is 0.432 e. The number of hydrogen-bond donors (Lipinski definition) is 1. The Hall–Kier alpha value is -3.18. The molecular weight excluding hydrogens is 405 g/mol. The van der Waals surface area contributed by atoms with Crippen LogP contribution in [0.1, 0.15) is 36.5 Å². The van der Waals surface area contributed by atoms with Crippen molar-refractivity contribution in [3.8, 4) is 0 Å². The van der Waals surface area contributed by atoms with Crippen molar-refractivity contribution in [2.75, 3.05) is 13.1 Å². The molecule has 0 aliphatic carbocycles. The first-order valence-corrected chi connectivity index (χ1v) is 9.38. The fourth-order valence-corrected chi connectivity index (χ4v) is 3.68. The van der Waals surface area contributed by atoms with Gasteiger partial charge in [-0.25, -0.2) is 4.52 Å². The number of rotatable bonds is 4. The molecule has 2 aromatic heterocycles. The molecule has 0 saturated carbocycles. The molecule has 12 heteroatoms. The second-order valence-electron chi connectivity index (χ2n) is 7.50. The Kier molecular flexibility index (Phi) is 4.86. The third kappa shape index (κ3) is 3.57. The predicted molar refractivity (Wildman–Crippen MR) is 97.7 cm³/mol. The van der Waals surface area contributed by atoms with Crippen LogP contribution in [0.4, 0.5) is 13.2 Å². The molecule has 30 heavy (non-hydrogen) atoms. The van der Waals surface area contributed by atoms with Crippen LogP contribution in [0.15, 0.2) is 29.9 Å². The summed E-state index contributed by atoms with van der Waals surface area (Å²) in [7, 11) is 0. The Bertz CT molecular complexity index is 1020. The molecule has 0 bridgehead atoms. The molecule has 2 aliphatic heterocycles. The van der Waals surface area contributed by atoms with Crippen molar-refractivity contribution in [2.24, 2.45) is 5.16 Å². The number of oxime groups is 1. The fourth-order valence-electron chi connectivity index (χ4n) is 3.68. The van der Waals surface area contributed by atoms with E-state index >= 15 is 0 Å². The van der Waals surface area contributed by atoms with Gasteiger partial charge in [-0.2, -0.15) is 18.3 Å². The Morgan fingerprint density at radius 1 is 1.37 bits per heavy atom. The van der Waals surface area contributed by atoms with Crippen LogP contribution in [0.5, 0.6) is 0 Å². The number of halogens is 3. The Morgan fingerprint density at radius 2 is 2.17 bits per heavy atom. The van der Waals surface area contributed by atoms with Crippen LogP contribution in [-0.4, -0.2) is 67.9 Å². The van der Waals surface area contributed by atoms with Gasteiger partial charge in [-0.3, -0.25) is 14.6 Å². The molecule has 4 rings (SSSR count). The van der Waals surface area contributed by atoms with Gasteiger partial charge in [-0.1, -0.05) is 5.16 Å². The van der Waals surface area contributed by atoms with E-state index in [0.717, 1.165) is 6.42 Å². The normalized spacial score (nSPS) is 24.1. The lowest BCUT2D eigenvalue weighted by Crippen LogP contribution is -2.50. The molecule has 1 unspecified atom stereocenters. The number of nitrogens with zero attached hydrogens (tertiary/aromatic N) is 5. The minimum Gasteiger partial charge on any atom is -0.379 e. The molecule has 1 N–H and O–H groups in total. The first-order valence-electron chi connectivity index (χ1n) is 9.38. The number of carbonyl (C=O) groups is 2. The lowest BCUT2D eigenvalue weighted by atomic mass is 9.98. The van der Waals surface area contributed by atoms with E-state index in [0.29, 0.717) is 24.0 Å². The third-order valence-corrected chi connectivity index (χ3v) is 5.36. The summed E-state index contributed by atoms with van der Waals surface area (Å²) in [6.45, 7) is 1.86. The standard InChI is InChI=1S/C18H19F3N6O3/c1-17(7-14(25-30-17)18(19,20)21)16(29)23-8-11-3-2-5-26(11)15(28)12-9-24-27-6-4-22-10-13(12)27/h4,6,9-11H,2-3,5,7-8H2,1H3,(H,23,29)/t11-,17?/m1/s1. The van der Waals surface area contributed by atoms with Crippen LogP contribution >= 0.6 is 0 Å². The van der Waals surface area contributed by atoms with E-state index < -0.39 is 29.8 Å². The highest BCUT2D eigenvalue weighted by molar-refractivity contribution is 6.01. The minimum absolute atomic E-state index is 0.0995. The molecule has 0 spiro atoms. The summed E-state index contributed by atoms with van der Waals surface area (Å²) in [6, 6.07) is -0.291. The topological polar surface area (TPSA) is 101 Å². The van der Waals surface area contributed by atoms with E-state index in [1.807, 2.05) is 0 Å². The molecule has 0 radical (unpaired) electrons. The molecule has 160 valence electrons. The van der Waals surface area contributed by atoms with Gasteiger partial charge >= 0.3 is 6.18 Å². The maximum absolute atomic E-state index is 13.0. The van der Waals surface area contributed by atoms with E-state index in [1.54, 1.807) is 28.0 Å². The van der Waals surface area contributed by atoms with Crippen LogP contribution in [0, 0.1) is 0 Å². The van der Waals surface area contributed by atoms with Gasteiger partial charge in [0, 0.05) is 31.5 Å². The van der Waals surface area contributed by atoms with Crippen molar-refractivity contribution in [2.45, 2.75) is 44.0 Å². The number of likely N-dealkylation sites (tertiary alicyclic amines) is 1. The molecule has 4 heterocycles. The maximum atomic E-state index is 13.0. The summed E-state index contributed by atoms with van der Waals surface area (Å²) >= 11 is 0. The van der Waals surface area contributed by atoms with Gasteiger partial charge in [-0.15, -0.1) is 0 Å². The molecule has 0 aromatic carbocycles. The fraction of sp³-hybridized carbons (Fsp3) is 0.500. The average molecular weight is 424 g/mol. The summed E-state index contributed by atoms with van der Waals surface area (Å²) < 4.78 is 39.9. The Morgan fingerprint density at radius 3 is 2.90 bits per heavy atom.